The number of aliphatic hydroxyl groups is 3. The summed E-state index contributed by atoms with van der Waals surface area (Å²) in [5.74, 6) is 0.456. The van der Waals surface area contributed by atoms with Gasteiger partial charge in [-0.2, -0.15) is 0 Å². The highest BCUT2D eigenvalue weighted by Crippen LogP contribution is 2.38. The quantitative estimate of drug-likeness (QED) is 0.281. The Labute approximate surface area is 210 Å². The molecule has 2 aromatic carbocycles. The van der Waals surface area contributed by atoms with Crippen LogP contribution >= 0.6 is 0 Å². The summed E-state index contributed by atoms with van der Waals surface area (Å²) in [6.45, 7) is -0.452. The van der Waals surface area contributed by atoms with Crippen LogP contribution in [0, 0.1) is 0 Å². The van der Waals surface area contributed by atoms with Crippen LogP contribution in [0.15, 0.2) is 73.2 Å². The topological polar surface area (TPSA) is 165 Å². The average molecular weight is 498 g/mol. The molecule has 0 aliphatic carbocycles. The number of aliphatic hydroxyl groups excluding tert-OH is 3. The van der Waals surface area contributed by atoms with E-state index in [2.05, 4.69) is 20.2 Å². The maximum Gasteiger partial charge on any atom is 0.184 e. The zero-order valence-corrected chi connectivity index (χ0v) is 19.5. The van der Waals surface area contributed by atoms with Crippen LogP contribution in [0.1, 0.15) is 6.23 Å². The first-order valence-electron chi connectivity index (χ1n) is 11.7. The van der Waals surface area contributed by atoms with Crippen molar-refractivity contribution in [3.63, 3.8) is 0 Å². The van der Waals surface area contributed by atoms with E-state index in [9.17, 15) is 15.3 Å². The Hall–Kier alpha value is -4.29. The van der Waals surface area contributed by atoms with Gasteiger partial charge in [-0.25, -0.2) is 15.0 Å². The molecule has 0 radical (unpaired) electrons. The Balaban J connectivity index is 1.55. The minimum Gasteiger partial charge on any atom is -0.394 e. The smallest absolute Gasteiger partial charge is 0.184 e. The third-order valence-electron chi connectivity index (χ3n) is 6.45. The van der Waals surface area contributed by atoms with Crippen molar-refractivity contribution in [3.05, 3.63) is 73.2 Å². The first kappa shape index (κ1) is 23.1. The molecule has 1 fully saturated rings. The molecule has 1 aliphatic heterocycles. The largest absolute Gasteiger partial charge is 0.394 e. The van der Waals surface area contributed by atoms with E-state index >= 15 is 0 Å². The van der Waals surface area contributed by atoms with E-state index in [-0.39, 0.29) is 11.6 Å². The second kappa shape index (κ2) is 9.30. The highest BCUT2D eigenvalue weighted by molar-refractivity contribution is 5.99. The maximum atomic E-state index is 10.7. The molecule has 4 heterocycles. The van der Waals surface area contributed by atoms with E-state index < -0.39 is 31.1 Å². The molecule has 37 heavy (non-hydrogen) atoms. The first-order chi connectivity index (χ1) is 18.1. The van der Waals surface area contributed by atoms with E-state index in [0.29, 0.717) is 28.0 Å². The van der Waals surface area contributed by atoms with Crippen molar-refractivity contribution in [2.75, 3.05) is 12.3 Å². The summed E-state index contributed by atoms with van der Waals surface area (Å²) in [4.78, 5) is 13.4. The lowest BCUT2D eigenvalue weighted by Gasteiger charge is -2.17. The standard InChI is InChI=1S/C26H23N7O4/c27-23-18-16(11-33(25(18)29-13-28-23)26-22(36)21(35)17(12-34)37-26)24-30-19(14-7-3-1-4-8-14)20(31-32-24)15-9-5-2-6-10-15/h1-11,13,17,21-22,26,34-36H,12H2,(H2,27,28,29)/t17-,21+,22-,26+/m0/s1. The van der Waals surface area contributed by atoms with Crippen molar-refractivity contribution in [1.82, 2.24) is 29.7 Å². The van der Waals surface area contributed by atoms with E-state index in [0.717, 1.165) is 11.1 Å². The molecule has 4 atom stereocenters. The number of fused-ring (bicyclic) bond motifs is 1. The molecule has 11 heteroatoms. The van der Waals surface area contributed by atoms with Crippen molar-refractivity contribution in [2.24, 2.45) is 0 Å². The predicted octanol–water partition coefficient (Wildman–Crippen LogP) is 1.81. The molecule has 186 valence electrons. The lowest BCUT2D eigenvalue weighted by Crippen LogP contribution is -2.33. The fourth-order valence-electron chi connectivity index (χ4n) is 4.61. The number of hydrogen-bond acceptors (Lipinski definition) is 10. The number of ether oxygens (including phenoxy) is 1. The Bertz CT molecular complexity index is 1560. The molecule has 11 nitrogen and oxygen atoms in total. The monoisotopic (exact) mass is 497 g/mol. The van der Waals surface area contributed by atoms with Gasteiger partial charge in [0.15, 0.2) is 12.1 Å². The molecule has 1 aliphatic rings. The van der Waals surface area contributed by atoms with Gasteiger partial charge in [-0.05, 0) is 0 Å². The van der Waals surface area contributed by atoms with Crippen molar-refractivity contribution < 1.29 is 20.1 Å². The van der Waals surface area contributed by atoms with Crippen molar-refractivity contribution >= 4 is 16.9 Å². The van der Waals surface area contributed by atoms with Crippen LogP contribution in [0.25, 0.3) is 44.9 Å². The molecular formula is C26H23N7O4. The normalized spacial score (nSPS) is 21.5. The van der Waals surface area contributed by atoms with Crippen molar-refractivity contribution in [1.29, 1.82) is 0 Å². The Morgan fingerprint density at radius 2 is 1.54 bits per heavy atom. The second-order valence-electron chi connectivity index (χ2n) is 8.70. The number of benzene rings is 2. The molecule has 1 saturated heterocycles. The third-order valence-corrected chi connectivity index (χ3v) is 6.45. The number of nitrogens with two attached hydrogens (primary N) is 1. The molecule has 0 bridgehead atoms. The fraction of sp³-hybridized carbons (Fsp3) is 0.192. The molecular weight excluding hydrogens is 474 g/mol. The van der Waals surface area contributed by atoms with Crippen LogP contribution in [0.2, 0.25) is 0 Å². The van der Waals surface area contributed by atoms with Crippen LogP contribution in [0.4, 0.5) is 5.82 Å². The summed E-state index contributed by atoms with van der Waals surface area (Å²) < 4.78 is 7.29. The summed E-state index contributed by atoms with van der Waals surface area (Å²) >= 11 is 0. The van der Waals surface area contributed by atoms with Gasteiger partial charge in [0.1, 0.15) is 47.5 Å². The van der Waals surface area contributed by atoms with Gasteiger partial charge < -0.3 is 30.4 Å². The molecule has 5 N–H and O–H groups in total. The lowest BCUT2D eigenvalue weighted by atomic mass is 10.0. The SMILES string of the molecule is Nc1ncnc2c1c(-c1nnc(-c3ccccc3)c(-c3ccccc3)n1)cn2[C@@H]1O[C@@H](CO)[C@@H](O)[C@@H]1O. The molecule has 0 saturated carbocycles. The summed E-state index contributed by atoms with van der Waals surface area (Å²) in [6, 6.07) is 19.3. The average Bonchev–Trinajstić information content (AvgIpc) is 3.47. The van der Waals surface area contributed by atoms with Crippen LogP contribution in [-0.4, -0.2) is 70.0 Å². The highest BCUT2D eigenvalue weighted by atomic mass is 16.6. The summed E-state index contributed by atoms with van der Waals surface area (Å²) in [7, 11) is 0. The van der Waals surface area contributed by atoms with Gasteiger partial charge in [-0.15, -0.1) is 10.2 Å². The minimum atomic E-state index is -1.31. The number of hydrogen-bond donors (Lipinski definition) is 4. The van der Waals surface area contributed by atoms with E-state index in [1.807, 2.05) is 60.7 Å². The van der Waals surface area contributed by atoms with Gasteiger partial charge in [-0.1, -0.05) is 60.7 Å². The minimum absolute atomic E-state index is 0.183. The Morgan fingerprint density at radius 1 is 0.865 bits per heavy atom. The van der Waals surface area contributed by atoms with Crippen LogP contribution in [-0.2, 0) is 4.74 Å². The fourth-order valence-corrected chi connectivity index (χ4v) is 4.61. The van der Waals surface area contributed by atoms with Gasteiger partial charge in [0.05, 0.1) is 17.6 Å². The summed E-state index contributed by atoms with van der Waals surface area (Å²) in [6.07, 6.45) is -1.62. The predicted molar refractivity (Wildman–Crippen MR) is 135 cm³/mol. The summed E-state index contributed by atoms with van der Waals surface area (Å²) in [5.41, 5.74) is 10.1. The van der Waals surface area contributed by atoms with E-state index in [1.165, 1.54) is 6.33 Å². The van der Waals surface area contributed by atoms with Gasteiger partial charge >= 0.3 is 0 Å². The van der Waals surface area contributed by atoms with Gasteiger partial charge in [0.25, 0.3) is 0 Å². The lowest BCUT2D eigenvalue weighted by molar-refractivity contribution is -0.0508. The number of anilines is 1. The number of nitrogens with zero attached hydrogens (tertiary/aromatic N) is 6. The summed E-state index contributed by atoms with van der Waals surface area (Å²) in [5, 5.41) is 39.9. The number of nitrogen functional groups attached to an aromatic ring is 1. The number of aromatic nitrogens is 6. The Morgan fingerprint density at radius 3 is 2.19 bits per heavy atom. The van der Waals surface area contributed by atoms with Crippen molar-refractivity contribution in [3.8, 4) is 33.9 Å². The molecule has 0 unspecified atom stereocenters. The highest BCUT2D eigenvalue weighted by Gasteiger charge is 2.44. The van der Waals surface area contributed by atoms with Gasteiger partial charge in [0, 0.05) is 17.3 Å². The zero-order chi connectivity index (χ0) is 25.5. The molecule has 5 aromatic rings. The first-order valence-corrected chi connectivity index (χ1v) is 11.7. The van der Waals surface area contributed by atoms with E-state index in [4.69, 9.17) is 15.5 Å². The number of rotatable bonds is 5. The zero-order valence-electron chi connectivity index (χ0n) is 19.5. The second-order valence-corrected chi connectivity index (χ2v) is 8.70. The van der Waals surface area contributed by atoms with E-state index in [1.54, 1.807) is 10.8 Å². The van der Waals surface area contributed by atoms with Crippen LogP contribution < -0.4 is 5.73 Å². The van der Waals surface area contributed by atoms with Crippen LogP contribution in [0.5, 0.6) is 0 Å². The molecule has 3 aromatic heterocycles. The molecule has 0 amide bonds. The molecule has 0 spiro atoms. The van der Waals surface area contributed by atoms with Crippen LogP contribution in [0.3, 0.4) is 0 Å². The Kier molecular flexibility index (Phi) is 5.81. The van der Waals surface area contributed by atoms with Crippen molar-refractivity contribution in [2.45, 2.75) is 24.5 Å². The third kappa shape index (κ3) is 3.90. The maximum absolute atomic E-state index is 10.7. The van der Waals surface area contributed by atoms with Gasteiger partial charge in [0.2, 0.25) is 0 Å². The van der Waals surface area contributed by atoms with Gasteiger partial charge in [-0.3, -0.25) is 0 Å². The molecule has 6 rings (SSSR count).